The molecule has 2 N–H and O–H groups in total. The molecule has 4 heterocycles. The van der Waals surface area contributed by atoms with Crippen LogP contribution in [0.2, 0.25) is 0 Å². The van der Waals surface area contributed by atoms with E-state index in [9.17, 15) is 4.39 Å². The van der Waals surface area contributed by atoms with Gasteiger partial charge in [-0.2, -0.15) is 9.97 Å². The second kappa shape index (κ2) is 7.51. The van der Waals surface area contributed by atoms with Gasteiger partial charge < -0.3 is 24.7 Å². The second-order valence-corrected chi connectivity index (χ2v) is 8.72. The van der Waals surface area contributed by atoms with E-state index in [1.165, 1.54) is 18.6 Å². The molecule has 6 rings (SSSR count). The van der Waals surface area contributed by atoms with Gasteiger partial charge in [0.05, 0.1) is 29.0 Å². The van der Waals surface area contributed by atoms with E-state index in [1.807, 2.05) is 6.92 Å². The maximum Gasteiger partial charge on any atom is 0.326 e. The lowest BCUT2D eigenvalue weighted by Gasteiger charge is -2.20. The number of aromatic nitrogens is 5. The van der Waals surface area contributed by atoms with E-state index in [1.54, 1.807) is 26.6 Å². The fraction of sp³-hybridized carbons (Fsp3) is 0.391. The quantitative estimate of drug-likeness (QED) is 0.455. The number of hydrogen-bond donors (Lipinski definition) is 2. The lowest BCUT2D eigenvalue weighted by atomic mass is 10.1. The van der Waals surface area contributed by atoms with Gasteiger partial charge in [0.15, 0.2) is 11.6 Å². The summed E-state index contributed by atoms with van der Waals surface area (Å²) in [6, 6.07) is 3.18. The minimum absolute atomic E-state index is 0.187. The Bertz CT molecular complexity index is 1350. The number of methoxy groups -OCH3 is 1. The third kappa shape index (κ3) is 3.41. The number of rotatable bonds is 6. The van der Waals surface area contributed by atoms with Gasteiger partial charge in [-0.05, 0) is 37.3 Å². The number of nitrogens with zero attached hydrogens (tertiary/aromatic N) is 5. The number of aromatic amines is 1. The Balaban J connectivity index is 1.46. The highest BCUT2D eigenvalue weighted by atomic mass is 19.1. The smallest absolute Gasteiger partial charge is 0.326 e. The third-order valence-electron chi connectivity index (χ3n) is 6.61. The number of anilines is 2. The SMILES string of the molecule is CNc1cc(F)cc2c1[nH]c1nc(Oc3cnc(C(C)OC)nc3)nc(N3CC4CC4C3)c12. The van der Waals surface area contributed by atoms with E-state index < -0.39 is 0 Å². The lowest BCUT2D eigenvalue weighted by molar-refractivity contribution is 0.112. The Morgan fingerprint density at radius 1 is 1.18 bits per heavy atom. The molecule has 1 aromatic carbocycles. The summed E-state index contributed by atoms with van der Waals surface area (Å²) in [4.78, 5) is 23.6. The van der Waals surface area contributed by atoms with E-state index in [4.69, 9.17) is 14.5 Å². The Hall–Kier alpha value is -3.53. The number of fused-ring (bicyclic) bond motifs is 4. The van der Waals surface area contributed by atoms with Crippen LogP contribution in [-0.4, -0.2) is 52.2 Å². The number of ether oxygens (including phenoxy) is 2. The van der Waals surface area contributed by atoms with Crippen molar-refractivity contribution >= 4 is 33.4 Å². The van der Waals surface area contributed by atoms with Gasteiger partial charge in [-0.25, -0.2) is 14.4 Å². The van der Waals surface area contributed by atoms with Crippen molar-refractivity contribution in [3.8, 4) is 11.8 Å². The molecule has 0 amide bonds. The van der Waals surface area contributed by atoms with Gasteiger partial charge in [-0.3, -0.25) is 0 Å². The summed E-state index contributed by atoms with van der Waals surface area (Å²) < 4.78 is 25.6. The zero-order chi connectivity index (χ0) is 22.7. The summed E-state index contributed by atoms with van der Waals surface area (Å²) >= 11 is 0. The Labute approximate surface area is 189 Å². The van der Waals surface area contributed by atoms with Crippen LogP contribution in [-0.2, 0) is 4.74 Å². The van der Waals surface area contributed by atoms with Crippen LogP contribution >= 0.6 is 0 Å². The first kappa shape index (κ1) is 20.1. The highest BCUT2D eigenvalue weighted by molar-refractivity contribution is 6.14. The van der Waals surface area contributed by atoms with Crippen LogP contribution in [0.1, 0.15) is 25.3 Å². The monoisotopic (exact) mass is 449 g/mol. The van der Waals surface area contributed by atoms with E-state index in [0.29, 0.717) is 34.7 Å². The average Bonchev–Trinajstić information content (AvgIpc) is 3.26. The van der Waals surface area contributed by atoms with Gasteiger partial charge >= 0.3 is 6.01 Å². The van der Waals surface area contributed by atoms with E-state index >= 15 is 0 Å². The number of benzene rings is 1. The molecule has 170 valence electrons. The molecule has 0 bridgehead atoms. The Morgan fingerprint density at radius 3 is 2.64 bits per heavy atom. The van der Waals surface area contributed by atoms with Crippen molar-refractivity contribution in [1.29, 1.82) is 0 Å². The Morgan fingerprint density at radius 2 is 1.94 bits per heavy atom. The molecular weight excluding hydrogens is 425 g/mol. The first-order valence-electron chi connectivity index (χ1n) is 11.0. The highest BCUT2D eigenvalue weighted by Gasteiger charge is 2.46. The zero-order valence-corrected chi connectivity index (χ0v) is 18.6. The molecule has 3 unspecified atom stereocenters. The van der Waals surface area contributed by atoms with Crippen molar-refractivity contribution in [2.24, 2.45) is 11.8 Å². The fourth-order valence-corrected chi connectivity index (χ4v) is 4.67. The van der Waals surface area contributed by atoms with Crippen LogP contribution < -0.4 is 15.0 Å². The Kier molecular flexibility index (Phi) is 4.58. The maximum absolute atomic E-state index is 14.4. The average molecular weight is 449 g/mol. The van der Waals surface area contributed by atoms with Crippen molar-refractivity contribution in [2.75, 3.05) is 37.5 Å². The number of hydrogen-bond acceptors (Lipinski definition) is 8. The van der Waals surface area contributed by atoms with Crippen molar-refractivity contribution in [1.82, 2.24) is 24.9 Å². The molecule has 3 aromatic heterocycles. The van der Waals surface area contributed by atoms with E-state index in [0.717, 1.165) is 35.2 Å². The summed E-state index contributed by atoms with van der Waals surface area (Å²) in [5.41, 5.74) is 2.04. The first-order valence-corrected chi connectivity index (χ1v) is 11.0. The number of piperidine rings is 1. The molecule has 1 saturated heterocycles. The van der Waals surface area contributed by atoms with Gasteiger partial charge in [0.2, 0.25) is 0 Å². The van der Waals surface area contributed by atoms with Crippen LogP contribution in [0.25, 0.3) is 21.9 Å². The molecule has 2 fully saturated rings. The summed E-state index contributed by atoms with van der Waals surface area (Å²) in [5, 5.41) is 4.61. The van der Waals surface area contributed by atoms with Crippen LogP contribution in [0.15, 0.2) is 24.5 Å². The van der Waals surface area contributed by atoms with Gasteiger partial charge in [0.25, 0.3) is 0 Å². The summed E-state index contributed by atoms with van der Waals surface area (Å²) in [7, 11) is 3.37. The largest absolute Gasteiger partial charge is 0.421 e. The lowest BCUT2D eigenvalue weighted by Crippen LogP contribution is -2.23. The summed E-state index contributed by atoms with van der Waals surface area (Å²) in [5.74, 6) is 2.85. The van der Waals surface area contributed by atoms with Crippen molar-refractivity contribution in [2.45, 2.75) is 19.4 Å². The third-order valence-corrected chi connectivity index (χ3v) is 6.61. The molecule has 1 aliphatic carbocycles. The number of H-pyrrole nitrogens is 1. The molecule has 0 spiro atoms. The molecule has 9 nitrogen and oxygen atoms in total. The maximum atomic E-state index is 14.4. The number of nitrogens with one attached hydrogen (secondary N) is 2. The highest BCUT2D eigenvalue weighted by Crippen LogP contribution is 2.48. The fourth-order valence-electron chi connectivity index (χ4n) is 4.67. The van der Waals surface area contributed by atoms with Gasteiger partial charge in [-0.1, -0.05) is 0 Å². The predicted molar refractivity (Wildman–Crippen MR) is 122 cm³/mol. The minimum atomic E-state index is -0.314. The van der Waals surface area contributed by atoms with Gasteiger partial charge in [0.1, 0.15) is 23.4 Å². The van der Waals surface area contributed by atoms with Crippen molar-refractivity contribution in [3.63, 3.8) is 0 Å². The first-order chi connectivity index (χ1) is 16.0. The molecule has 1 aliphatic heterocycles. The molecule has 10 heteroatoms. The predicted octanol–water partition coefficient (Wildman–Crippen LogP) is 4.04. The zero-order valence-electron chi connectivity index (χ0n) is 18.6. The molecule has 0 radical (unpaired) electrons. The number of halogens is 1. The molecular formula is C23H24FN7O2. The van der Waals surface area contributed by atoms with E-state index in [-0.39, 0.29) is 17.9 Å². The second-order valence-electron chi connectivity index (χ2n) is 8.72. The van der Waals surface area contributed by atoms with Crippen molar-refractivity contribution < 1.29 is 13.9 Å². The summed E-state index contributed by atoms with van der Waals surface area (Å²) in [6.45, 7) is 3.74. The van der Waals surface area contributed by atoms with Gasteiger partial charge in [0, 0.05) is 32.6 Å². The van der Waals surface area contributed by atoms with Crippen LogP contribution in [0.4, 0.5) is 15.9 Å². The molecule has 2 aliphatic rings. The standard InChI is InChI=1S/C23H24FN7O2/c1-11(32-3)20-26-7-15(8-27-20)33-23-29-21-18(22(30-23)31-9-12-4-13(12)10-31)16-5-14(24)6-17(25-2)19(16)28-21/h5-8,11-13,25H,4,9-10H2,1-3H3,(H,28,29,30). The molecule has 4 aromatic rings. The van der Waals surface area contributed by atoms with Gasteiger partial charge in [-0.15, -0.1) is 0 Å². The molecule has 33 heavy (non-hydrogen) atoms. The van der Waals surface area contributed by atoms with Crippen LogP contribution in [0, 0.1) is 17.7 Å². The normalized spacial score (nSPS) is 20.3. The molecule has 1 saturated carbocycles. The summed E-state index contributed by atoms with van der Waals surface area (Å²) in [6.07, 6.45) is 4.21. The topological polar surface area (TPSA) is 101 Å². The van der Waals surface area contributed by atoms with Crippen LogP contribution in [0.5, 0.6) is 11.8 Å². The van der Waals surface area contributed by atoms with E-state index in [2.05, 4.69) is 30.2 Å². The van der Waals surface area contributed by atoms with Crippen LogP contribution in [0.3, 0.4) is 0 Å². The minimum Gasteiger partial charge on any atom is -0.421 e. The molecule has 3 atom stereocenters. The van der Waals surface area contributed by atoms with Crippen molar-refractivity contribution in [3.05, 3.63) is 36.2 Å².